The number of hydrogen-bond donors (Lipinski definition) is 1. The zero-order valence-corrected chi connectivity index (χ0v) is 12.0. The summed E-state index contributed by atoms with van der Waals surface area (Å²) in [6, 6.07) is 0.814. The smallest absolute Gasteiger partial charge is 0.354 e. The van der Waals surface area contributed by atoms with Crippen LogP contribution in [0.5, 0.6) is 0 Å². The standard InChI is InChI=1S/C13H11ClF3N3O2/c14-8-3-7(13(15,16)17)5-18-10(8)20-2-1-12(6-20)4-9(21)19-11(12)22/h3,5H,1-2,4,6H2,(H,19,21,22). The molecule has 0 radical (unpaired) electrons. The van der Waals surface area contributed by atoms with Crippen molar-refractivity contribution in [3.8, 4) is 0 Å². The van der Waals surface area contributed by atoms with Gasteiger partial charge in [0.05, 0.1) is 16.0 Å². The van der Waals surface area contributed by atoms with Gasteiger partial charge in [0.1, 0.15) is 5.82 Å². The number of alkyl halides is 3. The summed E-state index contributed by atoms with van der Waals surface area (Å²) >= 11 is 5.90. The third kappa shape index (κ3) is 2.41. The van der Waals surface area contributed by atoms with E-state index in [0.29, 0.717) is 19.2 Å². The number of pyridine rings is 1. The molecule has 3 rings (SSSR count). The van der Waals surface area contributed by atoms with Gasteiger partial charge in [-0.25, -0.2) is 4.98 Å². The van der Waals surface area contributed by atoms with Crippen molar-refractivity contribution in [2.24, 2.45) is 5.41 Å². The van der Waals surface area contributed by atoms with Crippen LogP contribution in [-0.2, 0) is 15.8 Å². The third-order valence-electron chi connectivity index (χ3n) is 4.04. The first kappa shape index (κ1) is 15.1. The van der Waals surface area contributed by atoms with Gasteiger partial charge < -0.3 is 4.90 Å². The van der Waals surface area contributed by atoms with Crippen molar-refractivity contribution in [3.05, 3.63) is 22.8 Å². The Morgan fingerprint density at radius 1 is 1.36 bits per heavy atom. The summed E-state index contributed by atoms with van der Waals surface area (Å²) in [6.07, 6.45) is -3.28. The predicted octanol–water partition coefficient (Wildman–Crippen LogP) is 2.00. The average molecular weight is 334 g/mol. The number of rotatable bonds is 1. The number of imide groups is 1. The first-order chi connectivity index (χ1) is 10.2. The number of anilines is 1. The van der Waals surface area contributed by atoms with Crippen LogP contribution in [0.25, 0.3) is 0 Å². The van der Waals surface area contributed by atoms with Crippen LogP contribution in [-0.4, -0.2) is 29.9 Å². The Balaban J connectivity index is 1.85. The molecule has 1 aromatic heterocycles. The Labute approximate surface area is 128 Å². The monoisotopic (exact) mass is 333 g/mol. The fraction of sp³-hybridized carbons (Fsp3) is 0.462. The number of aromatic nitrogens is 1. The minimum Gasteiger partial charge on any atom is -0.354 e. The van der Waals surface area contributed by atoms with Gasteiger partial charge in [-0.2, -0.15) is 13.2 Å². The molecule has 2 aliphatic heterocycles. The lowest BCUT2D eigenvalue weighted by atomic mass is 9.85. The van der Waals surface area contributed by atoms with Crippen LogP contribution in [0.2, 0.25) is 5.02 Å². The number of nitrogens with zero attached hydrogens (tertiary/aromatic N) is 2. The minimum atomic E-state index is -4.51. The van der Waals surface area contributed by atoms with Crippen LogP contribution in [0.3, 0.4) is 0 Å². The van der Waals surface area contributed by atoms with Gasteiger partial charge >= 0.3 is 6.18 Å². The van der Waals surface area contributed by atoms with E-state index in [1.54, 1.807) is 4.90 Å². The molecule has 0 bridgehead atoms. The van der Waals surface area contributed by atoms with E-state index in [1.807, 2.05) is 0 Å². The van der Waals surface area contributed by atoms with Crippen molar-refractivity contribution in [3.63, 3.8) is 0 Å². The van der Waals surface area contributed by atoms with Gasteiger partial charge in [0, 0.05) is 25.7 Å². The molecule has 0 saturated carbocycles. The Bertz CT molecular complexity index is 664. The highest BCUT2D eigenvalue weighted by atomic mass is 35.5. The van der Waals surface area contributed by atoms with Gasteiger partial charge in [0.15, 0.2) is 0 Å². The van der Waals surface area contributed by atoms with Crippen molar-refractivity contribution in [1.29, 1.82) is 0 Å². The van der Waals surface area contributed by atoms with Crippen LogP contribution in [0.15, 0.2) is 12.3 Å². The second-order valence-corrected chi connectivity index (χ2v) is 5.94. The van der Waals surface area contributed by atoms with Gasteiger partial charge in [0.2, 0.25) is 11.8 Å². The maximum Gasteiger partial charge on any atom is 0.417 e. The molecule has 1 unspecified atom stereocenters. The zero-order valence-electron chi connectivity index (χ0n) is 11.2. The lowest BCUT2D eigenvalue weighted by Crippen LogP contribution is -2.34. The summed E-state index contributed by atoms with van der Waals surface area (Å²) in [5.41, 5.74) is -1.76. The molecule has 2 aliphatic rings. The van der Waals surface area contributed by atoms with Crippen molar-refractivity contribution in [2.75, 3.05) is 18.0 Å². The van der Waals surface area contributed by atoms with E-state index < -0.39 is 17.2 Å². The second kappa shape index (κ2) is 4.84. The Morgan fingerprint density at radius 3 is 2.64 bits per heavy atom. The normalized spacial score (nSPS) is 25.2. The minimum absolute atomic E-state index is 0.0839. The van der Waals surface area contributed by atoms with E-state index in [4.69, 9.17) is 11.6 Å². The molecule has 3 heterocycles. The van der Waals surface area contributed by atoms with E-state index in [2.05, 4.69) is 10.3 Å². The molecule has 22 heavy (non-hydrogen) atoms. The van der Waals surface area contributed by atoms with Crippen molar-refractivity contribution in [1.82, 2.24) is 10.3 Å². The summed E-state index contributed by atoms with van der Waals surface area (Å²) in [4.78, 5) is 28.7. The number of carbonyl (C=O) groups is 2. The lowest BCUT2D eigenvalue weighted by Gasteiger charge is -2.22. The molecule has 1 spiro atoms. The molecule has 1 N–H and O–H groups in total. The molecule has 2 fully saturated rings. The van der Waals surface area contributed by atoms with Crippen LogP contribution < -0.4 is 10.2 Å². The second-order valence-electron chi connectivity index (χ2n) is 5.53. The van der Waals surface area contributed by atoms with Gasteiger partial charge in [-0.05, 0) is 12.5 Å². The summed E-state index contributed by atoms with van der Waals surface area (Å²) in [6.45, 7) is 0.613. The molecule has 118 valence electrons. The molecule has 5 nitrogen and oxygen atoms in total. The number of carbonyl (C=O) groups excluding carboxylic acids is 2. The molecule has 0 aliphatic carbocycles. The number of nitrogens with one attached hydrogen (secondary N) is 1. The summed E-state index contributed by atoms with van der Waals surface area (Å²) in [5, 5.41) is 2.13. The van der Waals surface area contributed by atoms with Crippen LogP contribution in [0, 0.1) is 5.41 Å². The first-order valence-electron chi connectivity index (χ1n) is 6.53. The van der Waals surface area contributed by atoms with E-state index in [-0.39, 0.29) is 35.6 Å². The average Bonchev–Trinajstić information content (AvgIpc) is 2.93. The first-order valence-corrected chi connectivity index (χ1v) is 6.91. The van der Waals surface area contributed by atoms with Crippen LogP contribution in [0.1, 0.15) is 18.4 Å². The molecule has 0 aromatic carbocycles. The molecular weight excluding hydrogens is 323 g/mol. The van der Waals surface area contributed by atoms with Crippen LogP contribution >= 0.6 is 11.6 Å². The van der Waals surface area contributed by atoms with Gasteiger partial charge in [-0.15, -0.1) is 0 Å². The molecular formula is C13H11ClF3N3O2. The van der Waals surface area contributed by atoms with E-state index in [9.17, 15) is 22.8 Å². The highest BCUT2D eigenvalue weighted by Crippen LogP contribution is 2.41. The summed E-state index contributed by atoms with van der Waals surface area (Å²) in [7, 11) is 0. The van der Waals surface area contributed by atoms with Gasteiger partial charge in [-0.1, -0.05) is 11.6 Å². The molecule has 2 amide bonds. The predicted molar refractivity (Wildman–Crippen MR) is 71.3 cm³/mol. The van der Waals surface area contributed by atoms with Crippen molar-refractivity contribution >= 4 is 29.2 Å². The highest BCUT2D eigenvalue weighted by Gasteiger charge is 2.51. The quantitative estimate of drug-likeness (QED) is 0.798. The zero-order chi connectivity index (χ0) is 16.1. The van der Waals surface area contributed by atoms with Crippen molar-refractivity contribution in [2.45, 2.75) is 19.0 Å². The molecule has 1 atom stereocenters. The molecule has 2 saturated heterocycles. The van der Waals surface area contributed by atoms with E-state index in [1.165, 1.54) is 0 Å². The topological polar surface area (TPSA) is 62.3 Å². The summed E-state index contributed by atoms with van der Waals surface area (Å²) < 4.78 is 37.8. The van der Waals surface area contributed by atoms with E-state index in [0.717, 1.165) is 6.07 Å². The largest absolute Gasteiger partial charge is 0.417 e. The number of hydrogen-bond acceptors (Lipinski definition) is 4. The van der Waals surface area contributed by atoms with Gasteiger partial charge in [0.25, 0.3) is 0 Å². The SMILES string of the molecule is O=C1CC2(CCN(c3ncc(C(F)(F)F)cc3Cl)C2)C(=O)N1. The molecule has 9 heteroatoms. The third-order valence-corrected chi connectivity index (χ3v) is 4.31. The van der Waals surface area contributed by atoms with E-state index >= 15 is 0 Å². The van der Waals surface area contributed by atoms with Gasteiger partial charge in [-0.3, -0.25) is 14.9 Å². The fourth-order valence-electron chi connectivity index (χ4n) is 2.89. The fourth-order valence-corrected chi connectivity index (χ4v) is 3.18. The number of amides is 2. The maximum atomic E-state index is 12.6. The number of halogens is 4. The Morgan fingerprint density at radius 2 is 2.09 bits per heavy atom. The lowest BCUT2D eigenvalue weighted by molar-refractivity contribution is -0.137. The Kier molecular flexibility index (Phi) is 3.32. The highest BCUT2D eigenvalue weighted by molar-refractivity contribution is 6.33. The van der Waals surface area contributed by atoms with Crippen molar-refractivity contribution < 1.29 is 22.8 Å². The molecule has 1 aromatic rings. The van der Waals surface area contributed by atoms with Crippen LogP contribution in [0.4, 0.5) is 19.0 Å². The summed E-state index contributed by atoms with van der Waals surface area (Å²) in [5.74, 6) is -0.486. The Hall–Kier alpha value is -1.83. The maximum absolute atomic E-state index is 12.6.